The van der Waals surface area contributed by atoms with Gasteiger partial charge in [0.2, 0.25) is 11.1 Å². The minimum Gasteiger partial charge on any atom is -0.451 e. The van der Waals surface area contributed by atoms with E-state index >= 15 is 0 Å². The Bertz CT molecular complexity index is 1270. The summed E-state index contributed by atoms with van der Waals surface area (Å²) < 4.78 is 6.29. The van der Waals surface area contributed by atoms with Gasteiger partial charge in [0.25, 0.3) is 11.6 Å². The highest BCUT2D eigenvalue weighted by Gasteiger charge is 2.19. The molecule has 1 heterocycles. The van der Waals surface area contributed by atoms with Crippen molar-refractivity contribution < 1.29 is 19.2 Å². The van der Waals surface area contributed by atoms with E-state index in [4.69, 9.17) is 16.3 Å². The summed E-state index contributed by atoms with van der Waals surface area (Å²) in [7, 11) is 0. The molecule has 10 nitrogen and oxygen atoms in total. The van der Waals surface area contributed by atoms with Crippen molar-refractivity contribution in [3.05, 3.63) is 90.8 Å². The smallest absolute Gasteiger partial charge is 0.363 e. The summed E-state index contributed by atoms with van der Waals surface area (Å²) in [5.41, 5.74) is 0.332. The molecule has 0 aliphatic heterocycles. The Morgan fingerprint density at radius 1 is 1.16 bits per heavy atom. The van der Waals surface area contributed by atoms with Gasteiger partial charge in [0, 0.05) is 34.1 Å². The summed E-state index contributed by atoms with van der Waals surface area (Å²) >= 11 is 5.88. The largest absolute Gasteiger partial charge is 0.451 e. The van der Waals surface area contributed by atoms with Crippen LogP contribution in [0.2, 0.25) is 5.02 Å². The molecule has 1 N–H and O–H groups in total. The van der Waals surface area contributed by atoms with Crippen molar-refractivity contribution in [2.45, 2.75) is 13.8 Å². The van der Waals surface area contributed by atoms with E-state index in [1.54, 1.807) is 38.1 Å². The molecule has 3 rings (SSSR count). The van der Waals surface area contributed by atoms with E-state index in [1.807, 2.05) is 0 Å². The van der Waals surface area contributed by atoms with Gasteiger partial charge in [0.15, 0.2) is 6.61 Å². The van der Waals surface area contributed by atoms with Crippen molar-refractivity contribution >= 4 is 34.9 Å². The molecule has 32 heavy (non-hydrogen) atoms. The number of carbonyl (C=O) groups excluding carboxylic acids is 2. The third-order valence-corrected chi connectivity index (χ3v) is 4.65. The Balaban J connectivity index is 1.72. The van der Waals surface area contributed by atoms with E-state index in [2.05, 4.69) is 10.4 Å². The van der Waals surface area contributed by atoms with Crippen molar-refractivity contribution in [1.82, 2.24) is 9.78 Å². The zero-order chi connectivity index (χ0) is 23.4. The van der Waals surface area contributed by atoms with E-state index in [0.717, 1.165) is 0 Å². The van der Waals surface area contributed by atoms with Crippen LogP contribution in [0.3, 0.4) is 0 Å². The standard InChI is InChI=1S/C21H17ClN4O6/c1-12-3-6-15(10-17(12)26(30)31)23-19(28)11-32-21(29)20-18(27)9-13(2)25(24-20)16-7-4-14(22)5-8-16/h3-10H,11H2,1-2H3,(H,23,28). The lowest BCUT2D eigenvalue weighted by atomic mass is 10.2. The van der Waals surface area contributed by atoms with Gasteiger partial charge in [-0.15, -0.1) is 0 Å². The predicted octanol–water partition coefficient (Wildman–Crippen LogP) is 3.21. The van der Waals surface area contributed by atoms with Gasteiger partial charge in [-0.05, 0) is 44.2 Å². The zero-order valence-electron chi connectivity index (χ0n) is 17.0. The Morgan fingerprint density at radius 2 is 1.84 bits per heavy atom. The second-order valence-corrected chi connectivity index (χ2v) is 7.21. The zero-order valence-corrected chi connectivity index (χ0v) is 17.8. The first-order valence-corrected chi connectivity index (χ1v) is 9.62. The lowest BCUT2D eigenvalue weighted by Gasteiger charge is -2.11. The van der Waals surface area contributed by atoms with Crippen LogP contribution in [0.15, 0.2) is 53.3 Å². The molecular weight excluding hydrogens is 440 g/mol. The van der Waals surface area contributed by atoms with E-state index in [-0.39, 0.29) is 11.4 Å². The van der Waals surface area contributed by atoms with Gasteiger partial charge in [0.1, 0.15) is 0 Å². The summed E-state index contributed by atoms with van der Waals surface area (Å²) in [6.45, 7) is 2.50. The van der Waals surface area contributed by atoms with Gasteiger partial charge >= 0.3 is 5.97 Å². The average molecular weight is 457 g/mol. The Kier molecular flexibility index (Phi) is 6.64. The fraction of sp³-hybridized carbons (Fsp3) is 0.143. The SMILES string of the molecule is Cc1ccc(NC(=O)COC(=O)c2nn(-c3ccc(Cl)cc3)c(C)cc2=O)cc1[N+](=O)[O-]. The van der Waals surface area contributed by atoms with Crippen LogP contribution in [0.5, 0.6) is 0 Å². The van der Waals surface area contributed by atoms with E-state index in [0.29, 0.717) is 22.0 Å². The van der Waals surface area contributed by atoms with Crippen LogP contribution in [0.1, 0.15) is 21.7 Å². The highest BCUT2D eigenvalue weighted by atomic mass is 35.5. The van der Waals surface area contributed by atoms with Crippen LogP contribution in [-0.4, -0.2) is 33.2 Å². The number of nitrogens with one attached hydrogen (secondary N) is 1. The number of hydrogen-bond donors (Lipinski definition) is 1. The molecule has 1 aromatic heterocycles. The minimum absolute atomic E-state index is 0.161. The second-order valence-electron chi connectivity index (χ2n) is 6.77. The molecule has 0 aliphatic rings. The molecule has 1 amide bonds. The van der Waals surface area contributed by atoms with Crippen LogP contribution < -0.4 is 10.7 Å². The van der Waals surface area contributed by atoms with Crippen LogP contribution >= 0.6 is 11.6 Å². The highest BCUT2D eigenvalue weighted by molar-refractivity contribution is 6.30. The summed E-state index contributed by atoms with van der Waals surface area (Å²) in [6, 6.07) is 12.0. The molecule has 0 spiro atoms. The predicted molar refractivity (Wildman–Crippen MR) is 116 cm³/mol. The first kappa shape index (κ1) is 22.6. The van der Waals surface area contributed by atoms with Crippen molar-refractivity contribution in [2.24, 2.45) is 0 Å². The molecule has 0 aliphatic carbocycles. The summed E-state index contributed by atoms with van der Waals surface area (Å²) in [5.74, 6) is -1.82. The number of benzene rings is 2. The van der Waals surface area contributed by atoms with Gasteiger partial charge in [-0.2, -0.15) is 5.10 Å². The number of ether oxygens (including phenoxy) is 1. The molecule has 0 saturated heterocycles. The number of halogens is 1. The van der Waals surface area contributed by atoms with Crippen LogP contribution in [0.4, 0.5) is 11.4 Å². The van der Waals surface area contributed by atoms with Gasteiger partial charge in [-0.1, -0.05) is 17.7 Å². The Hall–Kier alpha value is -4.05. The van der Waals surface area contributed by atoms with Crippen molar-refractivity contribution in [2.75, 3.05) is 11.9 Å². The normalized spacial score (nSPS) is 10.5. The number of nitrogens with zero attached hydrogens (tertiary/aromatic N) is 3. The van der Waals surface area contributed by atoms with Crippen molar-refractivity contribution in [1.29, 1.82) is 0 Å². The number of esters is 1. The van der Waals surface area contributed by atoms with Gasteiger partial charge < -0.3 is 10.1 Å². The van der Waals surface area contributed by atoms with E-state index in [9.17, 15) is 24.5 Å². The maximum atomic E-state index is 12.4. The molecule has 0 unspecified atom stereocenters. The van der Waals surface area contributed by atoms with E-state index < -0.39 is 34.5 Å². The molecule has 0 bridgehead atoms. The van der Waals surface area contributed by atoms with E-state index in [1.165, 1.54) is 28.9 Å². The number of nitro groups is 1. The number of amides is 1. The van der Waals surface area contributed by atoms with Crippen LogP contribution in [-0.2, 0) is 9.53 Å². The Morgan fingerprint density at radius 3 is 2.50 bits per heavy atom. The fourth-order valence-electron chi connectivity index (χ4n) is 2.81. The average Bonchev–Trinajstić information content (AvgIpc) is 2.74. The topological polar surface area (TPSA) is 133 Å². The molecule has 0 radical (unpaired) electrons. The number of carbonyl (C=O) groups is 2. The number of aromatic nitrogens is 2. The molecule has 3 aromatic rings. The molecule has 0 saturated carbocycles. The minimum atomic E-state index is -1.08. The number of aryl methyl sites for hydroxylation is 2. The Labute approximate surface area is 186 Å². The molecule has 0 atom stereocenters. The maximum Gasteiger partial charge on any atom is 0.363 e. The van der Waals surface area contributed by atoms with Crippen molar-refractivity contribution in [3.63, 3.8) is 0 Å². The number of anilines is 1. The third-order valence-electron chi connectivity index (χ3n) is 4.40. The van der Waals surface area contributed by atoms with Gasteiger partial charge in [0.05, 0.1) is 10.6 Å². The monoisotopic (exact) mass is 456 g/mol. The number of rotatable bonds is 6. The number of hydrogen-bond acceptors (Lipinski definition) is 7. The molecule has 11 heteroatoms. The summed E-state index contributed by atoms with van der Waals surface area (Å²) in [6.07, 6.45) is 0. The summed E-state index contributed by atoms with van der Waals surface area (Å²) in [4.78, 5) is 47.1. The van der Waals surface area contributed by atoms with Gasteiger partial charge in [-0.3, -0.25) is 19.7 Å². The molecule has 164 valence electrons. The fourth-order valence-corrected chi connectivity index (χ4v) is 2.94. The molecular formula is C21H17ClN4O6. The molecule has 0 fully saturated rings. The lowest BCUT2D eigenvalue weighted by molar-refractivity contribution is -0.385. The van der Waals surface area contributed by atoms with Crippen molar-refractivity contribution in [3.8, 4) is 5.69 Å². The first-order chi connectivity index (χ1) is 15.2. The van der Waals surface area contributed by atoms with Crippen LogP contribution in [0.25, 0.3) is 5.69 Å². The quantitative estimate of drug-likeness (QED) is 0.342. The van der Waals surface area contributed by atoms with Gasteiger partial charge in [-0.25, -0.2) is 9.48 Å². The maximum absolute atomic E-state index is 12.4. The summed E-state index contributed by atoms with van der Waals surface area (Å²) in [5, 5.41) is 18.0. The van der Waals surface area contributed by atoms with Crippen LogP contribution in [0, 0.1) is 24.0 Å². The highest BCUT2D eigenvalue weighted by Crippen LogP contribution is 2.22. The first-order valence-electron chi connectivity index (χ1n) is 9.24. The third kappa shape index (κ3) is 5.16. The molecule has 2 aromatic carbocycles. The lowest BCUT2D eigenvalue weighted by Crippen LogP contribution is -2.27. The number of nitro benzene ring substituents is 1. The second kappa shape index (κ2) is 9.40.